The molecule has 0 aromatic rings. The van der Waals surface area contributed by atoms with Crippen molar-refractivity contribution in [3.05, 3.63) is 34.9 Å². The Kier molecular flexibility index (Phi) is 3.26. The number of Topliss-reactive ketones (excluding diaryl/α,β-unsaturated/α-hetero) is 1. The maximum Gasteiger partial charge on any atom is 0.196 e. The molecular formula is C20H20N2O2. The molecule has 0 bridgehead atoms. The first-order valence-corrected chi connectivity index (χ1v) is 8.18. The fraction of sp³-hybridized carbons (Fsp3) is 0.500. The van der Waals surface area contributed by atoms with E-state index in [1.54, 1.807) is 18.2 Å². The minimum atomic E-state index is -0.654. The van der Waals surface area contributed by atoms with Crippen LogP contribution in [0.15, 0.2) is 34.9 Å². The van der Waals surface area contributed by atoms with Gasteiger partial charge in [-0.3, -0.25) is 9.59 Å². The third-order valence-electron chi connectivity index (χ3n) is 6.26. The SMILES string of the molecule is CC1(C)C(=O)C(C#N)=C[C@@]2(C)C3=CC(=O)C(C#N)=C[C@@]3(C)CC[C@H]12. The Labute approximate surface area is 142 Å². The lowest BCUT2D eigenvalue weighted by atomic mass is 9.45. The minimum Gasteiger partial charge on any atom is -0.293 e. The van der Waals surface area contributed by atoms with Crippen LogP contribution < -0.4 is 0 Å². The van der Waals surface area contributed by atoms with Crippen molar-refractivity contribution in [3.63, 3.8) is 0 Å². The van der Waals surface area contributed by atoms with E-state index in [1.807, 2.05) is 39.8 Å². The molecule has 4 nitrogen and oxygen atoms in total. The van der Waals surface area contributed by atoms with E-state index in [4.69, 9.17) is 0 Å². The Bertz CT molecular complexity index is 844. The Morgan fingerprint density at radius 2 is 1.67 bits per heavy atom. The number of ketones is 2. The molecule has 0 amide bonds. The fourth-order valence-corrected chi connectivity index (χ4v) is 5.08. The Morgan fingerprint density at radius 3 is 2.25 bits per heavy atom. The summed E-state index contributed by atoms with van der Waals surface area (Å²) in [4.78, 5) is 24.9. The molecule has 0 N–H and O–H groups in total. The summed E-state index contributed by atoms with van der Waals surface area (Å²) in [5, 5.41) is 18.6. The molecule has 122 valence electrons. The van der Waals surface area contributed by atoms with Gasteiger partial charge in [-0.15, -0.1) is 0 Å². The second-order valence-corrected chi connectivity index (χ2v) is 8.10. The van der Waals surface area contributed by atoms with E-state index in [1.165, 1.54) is 0 Å². The summed E-state index contributed by atoms with van der Waals surface area (Å²) in [5.41, 5.74) is -0.312. The van der Waals surface area contributed by atoms with Gasteiger partial charge in [-0.2, -0.15) is 10.5 Å². The summed E-state index contributed by atoms with van der Waals surface area (Å²) < 4.78 is 0. The first-order chi connectivity index (χ1) is 11.1. The van der Waals surface area contributed by atoms with Crippen molar-refractivity contribution in [2.45, 2.75) is 40.5 Å². The van der Waals surface area contributed by atoms with Crippen molar-refractivity contribution in [2.75, 3.05) is 0 Å². The maximum atomic E-state index is 12.6. The predicted octanol–water partition coefficient (Wildman–Crippen LogP) is 3.43. The lowest BCUT2D eigenvalue weighted by molar-refractivity contribution is -0.130. The topological polar surface area (TPSA) is 81.7 Å². The van der Waals surface area contributed by atoms with Crippen LogP contribution in [0.2, 0.25) is 0 Å². The standard InChI is InChI=1S/C20H20N2O2/c1-18(2)15-5-6-19(3)8-12(10-21)14(23)7-16(19)20(15,4)9-13(11-22)17(18)24/h7-9,15H,5-6H2,1-4H3/t15-,19-,20-/m1/s1. The van der Waals surface area contributed by atoms with E-state index >= 15 is 0 Å². The van der Waals surface area contributed by atoms with E-state index in [0.29, 0.717) is 0 Å². The number of hydrogen-bond acceptors (Lipinski definition) is 4. The van der Waals surface area contributed by atoms with Crippen molar-refractivity contribution in [1.82, 2.24) is 0 Å². The number of hydrogen-bond donors (Lipinski definition) is 0. The van der Waals surface area contributed by atoms with E-state index in [2.05, 4.69) is 0 Å². The van der Waals surface area contributed by atoms with Crippen LogP contribution in [-0.2, 0) is 9.59 Å². The van der Waals surface area contributed by atoms with Crippen LogP contribution in [0, 0.1) is 44.8 Å². The monoisotopic (exact) mass is 320 g/mol. The first-order valence-electron chi connectivity index (χ1n) is 8.18. The summed E-state index contributed by atoms with van der Waals surface area (Å²) in [6.45, 7) is 7.85. The lowest BCUT2D eigenvalue weighted by Gasteiger charge is -2.57. The van der Waals surface area contributed by atoms with Crippen LogP contribution in [0.1, 0.15) is 40.5 Å². The normalized spacial score (nSPS) is 37.1. The van der Waals surface area contributed by atoms with Gasteiger partial charge in [0.05, 0.1) is 11.1 Å². The molecule has 4 heteroatoms. The van der Waals surface area contributed by atoms with E-state index in [0.717, 1.165) is 18.4 Å². The Balaban J connectivity index is 2.26. The van der Waals surface area contributed by atoms with Gasteiger partial charge in [-0.05, 0) is 30.4 Å². The van der Waals surface area contributed by atoms with Crippen LogP contribution in [-0.4, -0.2) is 11.6 Å². The molecule has 0 heterocycles. The molecule has 0 aromatic carbocycles. The second-order valence-electron chi connectivity index (χ2n) is 8.10. The Morgan fingerprint density at radius 1 is 1.04 bits per heavy atom. The number of allylic oxidation sites excluding steroid dienone is 6. The number of carbonyl (C=O) groups excluding carboxylic acids is 2. The van der Waals surface area contributed by atoms with Crippen molar-refractivity contribution >= 4 is 11.6 Å². The molecule has 1 fully saturated rings. The van der Waals surface area contributed by atoms with Gasteiger partial charge in [0.15, 0.2) is 11.6 Å². The number of carbonyl (C=O) groups is 2. The minimum absolute atomic E-state index is 0.0266. The zero-order valence-electron chi connectivity index (χ0n) is 14.4. The smallest absolute Gasteiger partial charge is 0.196 e. The van der Waals surface area contributed by atoms with Crippen molar-refractivity contribution in [2.24, 2.45) is 22.2 Å². The third-order valence-corrected chi connectivity index (χ3v) is 6.26. The highest BCUT2D eigenvalue weighted by Gasteiger charge is 2.58. The largest absolute Gasteiger partial charge is 0.293 e. The summed E-state index contributed by atoms with van der Waals surface area (Å²) in [5.74, 6) is -0.376. The molecule has 0 unspecified atom stereocenters. The average molecular weight is 320 g/mol. The van der Waals surface area contributed by atoms with Gasteiger partial charge in [-0.25, -0.2) is 0 Å². The molecule has 24 heavy (non-hydrogen) atoms. The number of nitrogens with zero attached hydrogens (tertiary/aromatic N) is 2. The summed E-state index contributed by atoms with van der Waals surface area (Å²) >= 11 is 0. The molecule has 1 saturated carbocycles. The highest BCUT2D eigenvalue weighted by molar-refractivity contribution is 6.09. The summed E-state index contributed by atoms with van der Waals surface area (Å²) in [6.07, 6.45) is 6.69. The Hall–Kier alpha value is -2.46. The van der Waals surface area contributed by atoms with Gasteiger partial charge in [0.2, 0.25) is 0 Å². The van der Waals surface area contributed by atoms with Gasteiger partial charge in [0, 0.05) is 16.2 Å². The fourth-order valence-electron chi connectivity index (χ4n) is 5.08. The van der Waals surface area contributed by atoms with Crippen LogP contribution >= 0.6 is 0 Å². The zero-order valence-corrected chi connectivity index (χ0v) is 14.4. The number of nitriles is 2. The van der Waals surface area contributed by atoms with Gasteiger partial charge in [0.1, 0.15) is 12.1 Å². The maximum absolute atomic E-state index is 12.6. The molecule has 0 aliphatic heterocycles. The second kappa shape index (κ2) is 4.77. The van der Waals surface area contributed by atoms with Crippen LogP contribution in [0.5, 0.6) is 0 Å². The predicted molar refractivity (Wildman–Crippen MR) is 88.2 cm³/mol. The molecule has 0 saturated heterocycles. The highest BCUT2D eigenvalue weighted by atomic mass is 16.1. The van der Waals surface area contributed by atoms with Crippen LogP contribution in [0.25, 0.3) is 0 Å². The molecule has 3 aliphatic carbocycles. The zero-order chi connectivity index (χ0) is 17.9. The number of rotatable bonds is 0. The van der Waals surface area contributed by atoms with Crippen molar-refractivity contribution in [1.29, 1.82) is 10.5 Å². The van der Waals surface area contributed by atoms with Gasteiger partial charge in [0.25, 0.3) is 0 Å². The molecule has 0 spiro atoms. The third kappa shape index (κ3) is 1.89. The molecule has 3 atom stereocenters. The molecular weight excluding hydrogens is 300 g/mol. The van der Waals surface area contributed by atoms with Gasteiger partial charge in [-0.1, -0.05) is 39.8 Å². The van der Waals surface area contributed by atoms with Crippen molar-refractivity contribution in [3.8, 4) is 12.1 Å². The summed E-state index contributed by atoms with van der Waals surface area (Å²) in [7, 11) is 0. The summed E-state index contributed by atoms with van der Waals surface area (Å²) in [6, 6.07) is 4.02. The van der Waals surface area contributed by atoms with E-state index in [-0.39, 0.29) is 28.6 Å². The molecule has 0 aromatic heterocycles. The first kappa shape index (κ1) is 16.4. The van der Waals surface area contributed by atoms with E-state index < -0.39 is 16.2 Å². The molecule has 0 radical (unpaired) electrons. The van der Waals surface area contributed by atoms with E-state index in [9.17, 15) is 20.1 Å². The number of fused-ring (bicyclic) bond motifs is 3. The van der Waals surface area contributed by atoms with Gasteiger partial charge >= 0.3 is 0 Å². The average Bonchev–Trinajstić information content (AvgIpc) is 2.52. The lowest BCUT2D eigenvalue weighted by Crippen LogP contribution is -2.53. The quantitative estimate of drug-likeness (QED) is 0.684. The highest BCUT2D eigenvalue weighted by Crippen LogP contribution is 2.63. The van der Waals surface area contributed by atoms with Gasteiger partial charge < -0.3 is 0 Å². The van der Waals surface area contributed by atoms with Crippen LogP contribution in [0.4, 0.5) is 0 Å². The molecule has 3 rings (SSSR count). The molecule has 3 aliphatic rings. The van der Waals surface area contributed by atoms with Crippen molar-refractivity contribution < 1.29 is 9.59 Å². The van der Waals surface area contributed by atoms with Crippen LogP contribution in [0.3, 0.4) is 0 Å².